The number of hydrogen-bond donors (Lipinski definition) is 2. The number of benzene rings is 2. The van der Waals surface area contributed by atoms with Gasteiger partial charge >= 0.3 is 5.97 Å². The number of carbonyl (C=O) groups excluding carboxylic acids is 1. The number of carbonyl (C=O) groups is 2. The number of rotatable bonds is 7. The molecule has 3 aromatic rings. The summed E-state index contributed by atoms with van der Waals surface area (Å²) in [5.41, 5.74) is 1.91. The van der Waals surface area contributed by atoms with E-state index in [9.17, 15) is 14.0 Å². The summed E-state index contributed by atoms with van der Waals surface area (Å²) in [5, 5.41) is 13.1. The van der Waals surface area contributed by atoms with E-state index in [1.54, 1.807) is 25.1 Å². The molecule has 5 nitrogen and oxygen atoms in total. The zero-order valence-electron chi connectivity index (χ0n) is 16.4. The van der Waals surface area contributed by atoms with Crippen molar-refractivity contribution in [2.24, 2.45) is 0 Å². The van der Waals surface area contributed by atoms with Gasteiger partial charge in [-0.1, -0.05) is 39.1 Å². The zero-order chi connectivity index (χ0) is 22.7. The van der Waals surface area contributed by atoms with Crippen LogP contribution in [0.4, 0.5) is 4.39 Å². The summed E-state index contributed by atoms with van der Waals surface area (Å²) in [7, 11) is 0. The minimum Gasteiger partial charge on any atom is -0.481 e. The number of pyridine rings is 1. The van der Waals surface area contributed by atoms with Crippen LogP contribution in [0.25, 0.3) is 10.9 Å². The number of aromatic nitrogens is 1. The van der Waals surface area contributed by atoms with Crippen LogP contribution >= 0.6 is 39.1 Å². The van der Waals surface area contributed by atoms with Gasteiger partial charge in [-0.3, -0.25) is 9.59 Å². The number of fused-ring (bicyclic) bond motifs is 1. The fourth-order valence-electron chi connectivity index (χ4n) is 3.39. The lowest BCUT2D eigenvalue weighted by atomic mass is 9.93. The van der Waals surface area contributed by atoms with Crippen LogP contribution in [-0.2, 0) is 4.79 Å². The Morgan fingerprint density at radius 3 is 2.68 bits per heavy atom. The maximum absolute atomic E-state index is 13.8. The van der Waals surface area contributed by atoms with Crippen molar-refractivity contribution in [1.82, 2.24) is 10.3 Å². The second kappa shape index (κ2) is 9.94. The van der Waals surface area contributed by atoms with Crippen LogP contribution in [0.5, 0.6) is 0 Å². The molecule has 1 aromatic heterocycles. The largest absolute Gasteiger partial charge is 0.481 e. The van der Waals surface area contributed by atoms with Crippen LogP contribution in [0, 0.1) is 12.7 Å². The molecule has 162 valence electrons. The second-order valence-electron chi connectivity index (χ2n) is 7.07. The molecule has 31 heavy (non-hydrogen) atoms. The highest BCUT2D eigenvalue weighted by Crippen LogP contribution is 2.30. The molecule has 0 aliphatic rings. The summed E-state index contributed by atoms with van der Waals surface area (Å²) in [6, 6.07) is 9.25. The molecule has 0 fully saturated rings. The number of carboxylic acids is 1. The lowest BCUT2D eigenvalue weighted by Gasteiger charge is -2.20. The smallest absolute Gasteiger partial charge is 0.303 e. The van der Waals surface area contributed by atoms with E-state index in [0.717, 1.165) is 4.47 Å². The molecule has 1 atom stereocenters. The topological polar surface area (TPSA) is 79.3 Å². The quantitative estimate of drug-likeness (QED) is 0.362. The average Bonchev–Trinajstić information content (AvgIpc) is 2.71. The summed E-state index contributed by atoms with van der Waals surface area (Å²) in [5.74, 6) is -2.35. The highest BCUT2D eigenvalue weighted by atomic mass is 79.9. The first-order valence-electron chi connectivity index (χ1n) is 9.37. The van der Waals surface area contributed by atoms with Crippen molar-refractivity contribution >= 4 is 61.9 Å². The summed E-state index contributed by atoms with van der Waals surface area (Å²) in [6.07, 6.45) is 0.0323. The molecule has 1 amide bonds. The fraction of sp³-hybridized carbons (Fsp3) is 0.227. The van der Waals surface area contributed by atoms with Gasteiger partial charge in [-0.2, -0.15) is 0 Å². The molecule has 0 aliphatic carbocycles. The second-order valence-corrected chi connectivity index (χ2v) is 8.75. The van der Waals surface area contributed by atoms with E-state index in [2.05, 4.69) is 26.2 Å². The lowest BCUT2D eigenvalue weighted by Crippen LogP contribution is -2.30. The van der Waals surface area contributed by atoms with E-state index in [4.69, 9.17) is 28.3 Å². The Bertz CT molecular complexity index is 1170. The van der Waals surface area contributed by atoms with E-state index >= 15 is 0 Å². The number of halogens is 4. The van der Waals surface area contributed by atoms with Gasteiger partial charge in [-0.25, -0.2) is 9.37 Å². The van der Waals surface area contributed by atoms with Crippen LogP contribution in [0.2, 0.25) is 10.2 Å². The predicted molar refractivity (Wildman–Crippen MR) is 123 cm³/mol. The van der Waals surface area contributed by atoms with Crippen molar-refractivity contribution in [3.63, 3.8) is 0 Å². The Kier molecular flexibility index (Phi) is 7.51. The molecule has 2 N–H and O–H groups in total. The third kappa shape index (κ3) is 5.53. The van der Waals surface area contributed by atoms with E-state index in [0.29, 0.717) is 32.6 Å². The van der Waals surface area contributed by atoms with Crippen molar-refractivity contribution in [2.75, 3.05) is 6.54 Å². The Morgan fingerprint density at radius 2 is 1.97 bits per heavy atom. The van der Waals surface area contributed by atoms with E-state index < -0.39 is 23.6 Å². The number of nitrogens with zero attached hydrogens (tertiary/aromatic N) is 1. The number of nitrogens with one attached hydrogen (secondary N) is 1. The first-order chi connectivity index (χ1) is 14.7. The SMILES string of the molecule is Cc1c(Cl)nc2ccc(Br)cc2c1C(=O)NCC(CCC(=O)O)c1cc(F)ccc1Cl. The molecule has 1 heterocycles. The van der Waals surface area contributed by atoms with Gasteiger partial charge < -0.3 is 10.4 Å². The average molecular weight is 528 g/mol. The van der Waals surface area contributed by atoms with Crippen LogP contribution in [0.1, 0.15) is 40.2 Å². The Morgan fingerprint density at radius 1 is 1.23 bits per heavy atom. The van der Waals surface area contributed by atoms with E-state index in [1.165, 1.54) is 18.2 Å². The third-order valence-corrected chi connectivity index (χ3v) is 6.18. The summed E-state index contributed by atoms with van der Waals surface area (Å²) >= 11 is 15.9. The molecular weight excluding hydrogens is 510 g/mol. The van der Waals surface area contributed by atoms with Crippen molar-refractivity contribution in [1.29, 1.82) is 0 Å². The molecule has 0 spiro atoms. The monoisotopic (exact) mass is 526 g/mol. The van der Waals surface area contributed by atoms with Crippen LogP contribution in [0.15, 0.2) is 40.9 Å². The molecule has 0 aliphatic heterocycles. The van der Waals surface area contributed by atoms with Gasteiger partial charge in [0.25, 0.3) is 5.91 Å². The number of amides is 1. The van der Waals surface area contributed by atoms with Crippen molar-refractivity contribution in [2.45, 2.75) is 25.7 Å². The third-order valence-electron chi connectivity index (χ3n) is 4.97. The Balaban J connectivity index is 1.92. The van der Waals surface area contributed by atoms with Crippen LogP contribution in [-0.4, -0.2) is 28.5 Å². The molecular formula is C22H18BrCl2FN2O3. The first kappa shape index (κ1) is 23.4. The zero-order valence-corrected chi connectivity index (χ0v) is 19.5. The highest BCUT2D eigenvalue weighted by Gasteiger charge is 2.21. The minimum atomic E-state index is -0.989. The van der Waals surface area contributed by atoms with E-state index in [1.807, 2.05) is 0 Å². The number of carboxylic acid groups (broad SMARTS) is 1. The molecule has 0 bridgehead atoms. The van der Waals surface area contributed by atoms with Gasteiger partial charge in [0.15, 0.2) is 0 Å². The molecule has 0 saturated heterocycles. The van der Waals surface area contributed by atoms with E-state index in [-0.39, 0.29) is 24.5 Å². The Labute approximate surface area is 196 Å². The maximum atomic E-state index is 13.8. The van der Waals surface area contributed by atoms with Crippen molar-refractivity contribution < 1.29 is 19.1 Å². The fourth-order valence-corrected chi connectivity index (χ4v) is 4.21. The van der Waals surface area contributed by atoms with Crippen molar-refractivity contribution in [3.8, 4) is 0 Å². The van der Waals surface area contributed by atoms with Crippen molar-refractivity contribution in [3.05, 3.63) is 73.6 Å². The molecule has 9 heteroatoms. The van der Waals surface area contributed by atoms with Gasteiger partial charge in [0.1, 0.15) is 11.0 Å². The predicted octanol–water partition coefficient (Wildman–Crippen LogP) is 6.13. The molecule has 3 rings (SSSR count). The normalized spacial score (nSPS) is 12.0. The molecule has 0 saturated carbocycles. The Hall–Kier alpha value is -2.22. The van der Waals surface area contributed by atoms with Crippen LogP contribution in [0.3, 0.4) is 0 Å². The van der Waals surface area contributed by atoms with Gasteiger partial charge in [0.05, 0.1) is 11.1 Å². The molecule has 2 aromatic carbocycles. The molecule has 1 unspecified atom stereocenters. The molecule has 0 radical (unpaired) electrons. The summed E-state index contributed by atoms with van der Waals surface area (Å²) in [6.45, 7) is 1.78. The summed E-state index contributed by atoms with van der Waals surface area (Å²) in [4.78, 5) is 28.5. The summed E-state index contributed by atoms with van der Waals surface area (Å²) < 4.78 is 14.6. The van der Waals surface area contributed by atoms with Gasteiger partial charge in [-0.05, 0) is 60.9 Å². The van der Waals surface area contributed by atoms with Gasteiger partial charge in [0, 0.05) is 33.8 Å². The standard InChI is InChI=1S/C22H18BrCl2FN2O3/c1-11-20(16-8-13(23)3-6-18(16)28-21(11)25)22(31)27-10-12(2-7-19(29)30)15-9-14(26)4-5-17(15)24/h3-6,8-9,12H,2,7,10H2,1H3,(H,27,31)(H,29,30). The van der Waals surface area contributed by atoms with Crippen LogP contribution < -0.4 is 5.32 Å². The minimum absolute atomic E-state index is 0.0736. The number of aliphatic carboxylic acids is 1. The first-order valence-corrected chi connectivity index (χ1v) is 10.9. The maximum Gasteiger partial charge on any atom is 0.303 e. The van der Waals surface area contributed by atoms with Gasteiger partial charge in [-0.15, -0.1) is 0 Å². The lowest BCUT2D eigenvalue weighted by molar-refractivity contribution is -0.137. The van der Waals surface area contributed by atoms with Gasteiger partial charge in [0.2, 0.25) is 0 Å². The number of hydrogen-bond acceptors (Lipinski definition) is 3. The highest BCUT2D eigenvalue weighted by molar-refractivity contribution is 9.10.